The zero-order valence-corrected chi connectivity index (χ0v) is 23.9. The van der Waals surface area contributed by atoms with Gasteiger partial charge in [0.05, 0.1) is 30.7 Å². The molecule has 0 atom stereocenters. The zero-order valence-electron chi connectivity index (χ0n) is 21.3. The Morgan fingerprint density at radius 1 is 0.941 bits per heavy atom. The maximum atomic E-state index is 13.3. The van der Waals surface area contributed by atoms with Crippen molar-refractivity contribution in [2.24, 2.45) is 0 Å². The van der Waals surface area contributed by atoms with Gasteiger partial charge in [-0.3, -0.25) is 0 Å². The number of carbonyl (C=O) groups excluding carboxylic acids is 1. The number of carbonyl (C=O) groups is 1. The van der Waals surface area contributed by atoms with E-state index in [9.17, 15) is 4.79 Å². The van der Waals surface area contributed by atoms with Crippen molar-refractivity contribution in [1.29, 1.82) is 0 Å². The molecule has 0 fully saturated rings. The Bertz CT molecular complexity index is 1060. The molecular formula is C25H35BrO7Si. The van der Waals surface area contributed by atoms with Crippen molar-refractivity contribution in [3.63, 3.8) is 0 Å². The van der Waals surface area contributed by atoms with Crippen LogP contribution in [0.3, 0.4) is 0 Å². The molecule has 0 spiro atoms. The number of rotatable bonds is 12. The van der Waals surface area contributed by atoms with Gasteiger partial charge in [0.25, 0.3) is 0 Å². The minimum absolute atomic E-state index is 0.0474. The van der Waals surface area contributed by atoms with Crippen molar-refractivity contribution < 1.29 is 33.2 Å². The van der Waals surface area contributed by atoms with Gasteiger partial charge in [0.1, 0.15) is 35.2 Å². The van der Waals surface area contributed by atoms with Crippen LogP contribution in [0.5, 0.6) is 23.0 Å². The smallest absolute Gasteiger partial charge is 0.342 e. The third-order valence-corrected chi connectivity index (χ3v) is 7.80. The van der Waals surface area contributed by atoms with E-state index in [1.54, 1.807) is 20.3 Å². The molecule has 0 aliphatic carbocycles. The second kappa shape index (κ2) is 11.9. The molecule has 2 rings (SSSR count). The molecule has 0 heterocycles. The summed E-state index contributed by atoms with van der Waals surface area (Å²) in [5, 5.41) is 1.24. The first-order valence-electron chi connectivity index (χ1n) is 11.0. The summed E-state index contributed by atoms with van der Waals surface area (Å²) in [5.74, 6) is 1.42. The highest BCUT2D eigenvalue weighted by Gasteiger charge is 2.31. The molecule has 0 unspecified atom stereocenters. The lowest BCUT2D eigenvalue weighted by molar-refractivity contribution is 0.0500. The predicted molar refractivity (Wildman–Crippen MR) is 141 cm³/mol. The van der Waals surface area contributed by atoms with E-state index < -0.39 is 14.0 Å². The molecule has 0 aliphatic heterocycles. The number of ether oxygens (including phenoxy) is 6. The number of hydrogen-bond acceptors (Lipinski definition) is 7. The standard InChI is InChI=1S/C25H35BrO7Si/c1-10-11-31-22-16(3)23(33-14-28-4)20(26)18-19(22)24(30-6)17(15(2)21(18)29-5)25(27)32-12-13-34(7,8)9/h10H,1,11-14H2,2-9H3. The number of halogens is 1. The van der Waals surface area contributed by atoms with Crippen molar-refractivity contribution >= 4 is 40.7 Å². The Kier molecular flexibility index (Phi) is 9.84. The molecular weight excluding hydrogens is 520 g/mol. The topological polar surface area (TPSA) is 72.5 Å². The van der Waals surface area contributed by atoms with Crippen LogP contribution in [0.2, 0.25) is 25.7 Å². The molecule has 9 heteroatoms. The zero-order chi connectivity index (χ0) is 25.6. The van der Waals surface area contributed by atoms with Crippen LogP contribution >= 0.6 is 15.9 Å². The fourth-order valence-corrected chi connectivity index (χ4v) is 5.16. The minimum Gasteiger partial charge on any atom is -0.496 e. The van der Waals surface area contributed by atoms with Gasteiger partial charge in [0.15, 0.2) is 6.79 Å². The molecule has 34 heavy (non-hydrogen) atoms. The molecule has 2 aromatic rings. The Hall–Kier alpha value is -2.23. The van der Waals surface area contributed by atoms with E-state index in [1.165, 1.54) is 7.11 Å². The summed E-state index contributed by atoms with van der Waals surface area (Å²) in [6, 6.07) is 0.864. The Balaban J connectivity index is 2.89. The molecule has 0 saturated heterocycles. The summed E-state index contributed by atoms with van der Waals surface area (Å²) in [7, 11) is 3.26. The van der Waals surface area contributed by atoms with Crippen LogP contribution in [0, 0.1) is 13.8 Å². The fraction of sp³-hybridized carbons (Fsp3) is 0.480. The molecule has 188 valence electrons. The molecule has 0 bridgehead atoms. The molecule has 2 aromatic carbocycles. The maximum Gasteiger partial charge on any atom is 0.342 e. The second-order valence-electron chi connectivity index (χ2n) is 9.01. The lowest BCUT2D eigenvalue weighted by atomic mass is 9.95. The van der Waals surface area contributed by atoms with Gasteiger partial charge in [0.2, 0.25) is 0 Å². The van der Waals surface area contributed by atoms with Crippen LogP contribution < -0.4 is 18.9 Å². The van der Waals surface area contributed by atoms with E-state index in [0.717, 1.165) is 6.04 Å². The Labute approximate surface area is 211 Å². The lowest BCUT2D eigenvalue weighted by Crippen LogP contribution is -2.23. The molecule has 0 amide bonds. The number of esters is 1. The van der Waals surface area contributed by atoms with Gasteiger partial charge in [0, 0.05) is 31.7 Å². The maximum absolute atomic E-state index is 13.3. The van der Waals surface area contributed by atoms with Gasteiger partial charge >= 0.3 is 5.97 Å². The van der Waals surface area contributed by atoms with Crippen LogP contribution in [0.4, 0.5) is 0 Å². The van der Waals surface area contributed by atoms with Crippen LogP contribution in [0.1, 0.15) is 21.5 Å². The van der Waals surface area contributed by atoms with E-state index in [2.05, 4.69) is 42.1 Å². The average Bonchev–Trinajstić information content (AvgIpc) is 2.77. The van der Waals surface area contributed by atoms with Gasteiger partial charge in [-0.1, -0.05) is 32.3 Å². The van der Waals surface area contributed by atoms with Crippen molar-refractivity contribution in [1.82, 2.24) is 0 Å². The third kappa shape index (κ3) is 5.87. The van der Waals surface area contributed by atoms with E-state index in [4.69, 9.17) is 28.4 Å². The van der Waals surface area contributed by atoms with Gasteiger partial charge in [-0.2, -0.15) is 0 Å². The van der Waals surface area contributed by atoms with Crippen LogP contribution in [-0.4, -0.2) is 55.4 Å². The summed E-state index contributed by atoms with van der Waals surface area (Å²) in [4.78, 5) is 13.3. The van der Waals surface area contributed by atoms with Crippen molar-refractivity contribution in [2.75, 3.05) is 41.3 Å². The highest BCUT2D eigenvalue weighted by molar-refractivity contribution is 9.10. The normalized spacial score (nSPS) is 11.3. The van der Waals surface area contributed by atoms with Crippen molar-refractivity contribution in [2.45, 2.75) is 39.5 Å². The second-order valence-corrected chi connectivity index (χ2v) is 15.4. The molecule has 0 N–H and O–H groups in total. The monoisotopic (exact) mass is 554 g/mol. The van der Waals surface area contributed by atoms with Crippen LogP contribution in [-0.2, 0) is 9.47 Å². The Morgan fingerprint density at radius 3 is 2.12 bits per heavy atom. The first-order chi connectivity index (χ1) is 16.0. The highest BCUT2D eigenvalue weighted by Crippen LogP contribution is 2.53. The molecule has 0 saturated carbocycles. The van der Waals surface area contributed by atoms with Crippen molar-refractivity contribution in [3.8, 4) is 23.0 Å². The SMILES string of the molecule is C=CCOc1c(C)c(OCOC)c(Br)c2c(OC)c(C)c(C(=O)OCC[Si](C)(C)C)c(OC)c12. The number of methoxy groups -OCH3 is 3. The number of hydrogen-bond donors (Lipinski definition) is 0. The van der Waals surface area contributed by atoms with Gasteiger partial charge in [-0.05, 0) is 35.8 Å². The number of fused-ring (bicyclic) bond motifs is 1. The fourth-order valence-electron chi connectivity index (χ4n) is 3.66. The van der Waals surface area contributed by atoms with E-state index in [0.29, 0.717) is 61.5 Å². The molecule has 0 radical (unpaired) electrons. The average molecular weight is 556 g/mol. The molecule has 7 nitrogen and oxygen atoms in total. The van der Waals surface area contributed by atoms with Crippen LogP contribution in [0.15, 0.2) is 17.1 Å². The first-order valence-corrected chi connectivity index (χ1v) is 15.5. The molecule has 0 aromatic heterocycles. The predicted octanol–water partition coefficient (Wildman–Crippen LogP) is 6.28. The summed E-state index contributed by atoms with van der Waals surface area (Å²) in [6.07, 6.45) is 1.65. The van der Waals surface area contributed by atoms with Gasteiger partial charge in [-0.25, -0.2) is 4.79 Å². The molecule has 0 aliphatic rings. The van der Waals surface area contributed by atoms with E-state index >= 15 is 0 Å². The Morgan fingerprint density at radius 2 is 1.59 bits per heavy atom. The minimum atomic E-state index is -1.37. The largest absolute Gasteiger partial charge is 0.496 e. The third-order valence-electron chi connectivity index (χ3n) is 5.34. The summed E-state index contributed by atoms with van der Waals surface area (Å²) in [5.41, 5.74) is 1.62. The summed E-state index contributed by atoms with van der Waals surface area (Å²) < 4.78 is 35.0. The summed E-state index contributed by atoms with van der Waals surface area (Å²) >= 11 is 3.68. The summed E-state index contributed by atoms with van der Waals surface area (Å²) in [6.45, 7) is 14.8. The van der Waals surface area contributed by atoms with Gasteiger partial charge in [-0.15, -0.1) is 0 Å². The lowest BCUT2D eigenvalue weighted by Gasteiger charge is -2.24. The van der Waals surface area contributed by atoms with Crippen molar-refractivity contribution in [3.05, 3.63) is 33.8 Å². The van der Waals surface area contributed by atoms with E-state index in [1.807, 2.05) is 13.8 Å². The van der Waals surface area contributed by atoms with E-state index in [-0.39, 0.29) is 13.4 Å². The number of benzene rings is 2. The first kappa shape index (κ1) is 28.0. The van der Waals surface area contributed by atoms with Gasteiger partial charge < -0.3 is 28.4 Å². The van der Waals surface area contributed by atoms with Crippen LogP contribution in [0.25, 0.3) is 10.8 Å². The highest BCUT2D eigenvalue weighted by atomic mass is 79.9. The quantitative estimate of drug-likeness (QED) is 0.132.